The van der Waals surface area contributed by atoms with Gasteiger partial charge in [-0.25, -0.2) is 4.98 Å². The van der Waals surface area contributed by atoms with Crippen LogP contribution in [0, 0.1) is 0 Å². The van der Waals surface area contributed by atoms with E-state index < -0.39 is 0 Å². The average Bonchev–Trinajstić information content (AvgIpc) is 2.86. The van der Waals surface area contributed by atoms with Crippen molar-refractivity contribution in [3.8, 4) is 5.75 Å². The van der Waals surface area contributed by atoms with Gasteiger partial charge in [-0.2, -0.15) is 0 Å². The van der Waals surface area contributed by atoms with E-state index in [1.165, 1.54) is 0 Å². The number of amides is 1. The number of benzene rings is 2. The Labute approximate surface area is 201 Å². The number of para-hydroxylation sites is 1. The molecule has 7 nitrogen and oxygen atoms in total. The van der Waals surface area contributed by atoms with Crippen molar-refractivity contribution in [3.63, 3.8) is 0 Å². The molecule has 7 heteroatoms. The minimum absolute atomic E-state index is 0.00877. The molecule has 34 heavy (non-hydrogen) atoms. The molecule has 0 radical (unpaired) electrons. The Morgan fingerprint density at radius 1 is 1.09 bits per heavy atom. The molecule has 0 N–H and O–H groups in total. The summed E-state index contributed by atoms with van der Waals surface area (Å²) < 4.78 is 12.1. The van der Waals surface area contributed by atoms with Crippen LogP contribution in [-0.4, -0.2) is 47.7 Å². The lowest BCUT2D eigenvalue weighted by atomic mass is 10.1. The van der Waals surface area contributed by atoms with Gasteiger partial charge in [0.15, 0.2) is 0 Å². The maximum Gasteiger partial charge on any atom is 0.261 e. The van der Waals surface area contributed by atoms with Gasteiger partial charge in [-0.05, 0) is 43.2 Å². The van der Waals surface area contributed by atoms with E-state index in [1.807, 2.05) is 54.3 Å². The second-order valence-electron chi connectivity index (χ2n) is 8.43. The van der Waals surface area contributed by atoms with Crippen molar-refractivity contribution in [2.45, 2.75) is 52.1 Å². The summed E-state index contributed by atoms with van der Waals surface area (Å²) in [4.78, 5) is 33.5. The largest absolute Gasteiger partial charge is 0.497 e. The van der Waals surface area contributed by atoms with Crippen LogP contribution < -0.4 is 10.3 Å². The number of hydrogen-bond donors (Lipinski definition) is 0. The second kappa shape index (κ2) is 12.3. The number of rotatable bonds is 12. The standard InChI is InChI=1S/C27H35N3O4/c1-5-6-9-16-29(25(31)19-21-12-14-22(34-4)15-13-21)20(2)26-28-24-11-8-7-10-23(24)27(32)30(26)17-18-33-3/h7-8,10-15,20H,5-6,9,16-19H2,1-4H3. The Morgan fingerprint density at radius 3 is 2.50 bits per heavy atom. The van der Waals surface area contributed by atoms with Crippen LogP contribution in [-0.2, 0) is 22.5 Å². The van der Waals surface area contributed by atoms with E-state index in [2.05, 4.69) is 6.92 Å². The van der Waals surface area contributed by atoms with E-state index in [0.29, 0.717) is 36.4 Å². The minimum Gasteiger partial charge on any atom is -0.497 e. The van der Waals surface area contributed by atoms with Crippen LogP contribution >= 0.6 is 0 Å². The molecule has 3 rings (SSSR count). The number of ether oxygens (including phenoxy) is 2. The fourth-order valence-electron chi connectivity index (χ4n) is 4.13. The van der Waals surface area contributed by atoms with Crippen molar-refractivity contribution >= 4 is 16.8 Å². The van der Waals surface area contributed by atoms with Gasteiger partial charge in [0.05, 0.1) is 43.6 Å². The number of unbranched alkanes of at least 4 members (excludes halogenated alkanes) is 2. The smallest absolute Gasteiger partial charge is 0.261 e. The average molecular weight is 466 g/mol. The van der Waals surface area contributed by atoms with Gasteiger partial charge >= 0.3 is 0 Å². The zero-order valence-electron chi connectivity index (χ0n) is 20.6. The summed E-state index contributed by atoms with van der Waals surface area (Å²) in [5.74, 6) is 1.35. The van der Waals surface area contributed by atoms with E-state index in [1.54, 1.807) is 24.9 Å². The van der Waals surface area contributed by atoms with Gasteiger partial charge in [0.1, 0.15) is 11.6 Å². The van der Waals surface area contributed by atoms with Crippen LogP contribution in [0.3, 0.4) is 0 Å². The number of carbonyl (C=O) groups is 1. The number of fused-ring (bicyclic) bond motifs is 1. The van der Waals surface area contributed by atoms with Crippen LogP contribution in [0.25, 0.3) is 10.9 Å². The quantitative estimate of drug-likeness (QED) is 0.371. The van der Waals surface area contributed by atoms with Crippen LogP contribution in [0.2, 0.25) is 0 Å². The molecule has 1 aromatic heterocycles. The van der Waals surface area contributed by atoms with E-state index in [9.17, 15) is 9.59 Å². The summed E-state index contributed by atoms with van der Waals surface area (Å²) in [6.45, 7) is 5.46. The lowest BCUT2D eigenvalue weighted by Gasteiger charge is -2.31. The normalized spacial score (nSPS) is 12.0. The highest BCUT2D eigenvalue weighted by atomic mass is 16.5. The fraction of sp³-hybridized carbons (Fsp3) is 0.444. The minimum atomic E-state index is -0.364. The topological polar surface area (TPSA) is 73.7 Å². The van der Waals surface area contributed by atoms with Crippen molar-refractivity contribution in [2.24, 2.45) is 0 Å². The van der Waals surface area contributed by atoms with Gasteiger partial charge in [0.25, 0.3) is 5.56 Å². The first-order chi connectivity index (χ1) is 16.5. The van der Waals surface area contributed by atoms with E-state index >= 15 is 0 Å². The van der Waals surface area contributed by atoms with E-state index in [-0.39, 0.29) is 23.9 Å². The molecule has 0 bridgehead atoms. The third-order valence-electron chi connectivity index (χ3n) is 6.09. The van der Waals surface area contributed by atoms with Gasteiger partial charge in [-0.15, -0.1) is 0 Å². The molecular weight excluding hydrogens is 430 g/mol. The summed E-state index contributed by atoms with van der Waals surface area (Å²) >= 11 is 0. The first-order valence-corrected chi connectivity index (χ1v) is 11.9. The SMILES string of the molecule is CCCCCN(C(=O)Cc1ccc(OC)cc1)C(C)c1nc2ccccc2c(=O)n1CCOC. The summed E-state index contributed by atoms with van der Waals surface area (Å²) in [7, 11) is 3.23. The lowest BCUT2D eigenvalue weighted by Crippen LogP contribution is -2.39. The molecule has 0 saturated heterocycles. The molecule has 0 fully saturated rings. The lowest BCUT2D eigenvalue weighted by molar-refractivity contribution is -0.133. The first kappa shape index (κ1) is 25.4. The number of aromatic nitrogens is 2. The molecule has 0 aliphatic heterocycles. The molecule has 182 valence electrons. The molecular formula is C27H35N3O4. The van der Waals surface area contributed by atoms with Crippen molar-refractivity contribution in [1.82, 2.24) is 14.5 Å². The Kier molecular flexibility index (Phi) is 9.22. The second-order valence-corrected chi connectivity index (χ2v) is 8.43. The summed E-state index contributed by atoms with van der Waals surface area (Å²) in [5, 5.41) is 0.566. The highest BCUT2D eigenvalue weighted by molar-refractivity contribution is 5.80. The number of carbonyl (C=O) groups excluding carboxylic acids is 1. The van der Waals surface area contributed by atoms with Gasteiger partial charge in [-0.3, -0.25) is 14.2 Å². The van der Waals surface area contributed by atoms with E-state index in [4.69, 9.17) is 14.5 Å². The predicted molar refractivity (Wildman–Crippen MR) is 134 cm³/mol. The molecule has 0 aliphatic rings. The number of methoxy groups -OCH3 is 2. The zero-order valence-corrected chi connectivity index (χ0v) is 20.6. The summed E-state index contributed by atoms with van der Waals surface area (Å²) in [6, 6.07) is 14.5. The maximum absolute atomic E-state index is 13.5. The van der Waals surface area contributed by atoms with Gasteiger partial charge < -0.3 is 14.4 Å². The van der Waals surface area contributed by atoms with Gasteiger partial charge in [0.2, 0.25) is 5.91 Å². The summed E-state index contributed by atoms with van der Waals surface area (Å²) in [5.41, 5.74) is 1.45. The molecule has 1 amide bonds. The van der Waals surface area contributed by atoms with Crippen molar-refractivity contribution in [1.29, 1.82) is 0 Å². The van der Waals surface area contributed by atoms with Gasteiger partial charge in [0, 0.05) is 13.7 Å². The van der Waals surface area contributed by atoms with E-state index in [0.717, 1.165) is 30.6 Å². The Hall–Kier alpha value is -3.19. The van der Waals surface area contributed by atoms with Crippen LogP contribution in [0.1, 0.15) is 50.5 Å². The summed E-state index contributed by atoms with van der Waals surface area (Å²) in [6.07, 6.45) is 3.25. The number of hydrogen-bond acceptors (Lipinski definition) is 5. The Balaban J connectivity index is 1.98. The van der Waals surface area contributed by atoms with Crippen LogP contribution in [0.15, 0.2) is 53.3 Å². The number of nitrogens with zero attached hydrogens (tertiary/aromatic N) is 3. The zero-order chi connectivity index (χ0) is 24.5. The molecule has 0 saturated carbocycles. The molecule has 0 aliphatic carbocycles. The molecule has 1 unspecified atom stereocenters. The Morgan fingerprint density at radius 2 is 1.82 bits per heavy atom. The van der Waals surface area contributed by atoms with Crippen LogP contribution in [0.4, 0.5) is 0 Å². The molecule has 0 spiro atoms. The third-order valence-corrected chi connectivity index (χ3v) is 6.09. The fourth-order valence-corrected chi connectivity index (χ4v) is 4.13. The maximum atomic E-state index is 13.5. The van der Waals surface area contributed by atoms with Crippen molar-refractivity contribution in [2.75, 3.05) is 27.4 Å². The highest BCUT2D eigenvalue weighted by Crippen LogP contribution is 2.23. The van der Waals surface area contributed by atoms with Crippen molar-refractivity contribution < 1.29 is 14.3 Å². The molecule has 3 aromatic rings. The Bertz CT molecular complexity index is 1140. The van der Waals surface area contributed by atoms with Gasteiger partial charge in [-0.1, -0.05) is 44.0 Å². The molecule has 1 heterocycles. The molecule has 1 atom stereocenters. The van der Waals surface area contributed by atoms with Crippen molar-refractivity contribution in [3.05, 3.63) is 70.3 Å². The predicted octanol–water partition coefficient (Wildman–Crippen LogP) is 4.37. The highest BCUT2D eigenvalue weighted by Gasteiger charge is 2.26. The van der Waals surface area contributed by atoms with Crippen LogP contribution in [0.5, 0.6) is 5.75 Å². The first-order valence-electron chi connectivity index (χ1n) is 11.9. The third kappa shape index (κ3) is 6.03. The monoisotopic (exact) mass is 465 g/mol. The molecule has 2 aromatic carbocycles.